The third-order valence-electron chi connectivity index (χ3n) is 8.77. The second-order valence-corrected chi connectivity index (χ2v) is 12.6. The average molecular weight is 547 g/mol. The number of halogens is 2. The van der Waals surface area contributed by atoms with Gasteiger partial charge in [0.25, 0.3) is 0 Å². The Morgan fingerprint density at radius 1 is 0.436 bits per heavy atom. The number of para-hydroxylation sites is 1. The van der Waals surface area contributed by atoms with Gasteiger partial charge in [0.2, 0.25) is 0 Å². The lowest BCUT2D eigenvalue weighted by Crippen LogP contribution is -2.18. The molecule has 0 radical (unpaired) electrons. The van der Waals surface area contributed by atoms with Gasteiger partial charge in [-0.2, -0.15) is 0 Å². The molecule has 7 rings (SSSR count). The van der Waals surface area contributed by atoms with E-state index in [2.05, 4.69) is 124 Å². The van der Waals surface area contributed by atoms with Crippen molar-refractivity contribution in [2.24, 2.45) is 0 Å². The topological polar surface area (TPSA) is 3.24 Å². The summed E-state index contributed by atoms with van der Waals surface area (Å²) in [6, 6.07) is 37.0. The zero-order chi connectivity index (χ0) is 27.1. The molecule has 2 aliphatic rings. The van der Waals surface area contributed by atoms with Crippen LogP contribution in [0.2, 0.25) is 10.0 Å². The van der Waals surface area contributed by atoms with E-state index in [1.165, 1.54) is 44.5 Å². The average Bonchev–Trinajstić information content (AvgIpc) is 3.28. The summed E-state index contributed by atoms with van der Waals surface area (Å²) in [5.74, 6) is 0. The van der Waals surface area contributed by atoms with Gasteiger partial charge < -0.3 is 4.90 Å². The number of nitrogens with zero attached hydrogens (tertiary/aromatic N) is 1. The first kappa shape index (κ1) is 24.5. The van der Waals surface area contributed by atoms with Crippen LogP contribution in [0.5, 0.6) is 0 Å². The lowest BCUT2D eigenvalue weighted by molar-refractivity contribution is 0.660. The van der Waals surface area contributed by atoms with Crippen LogP contribution in [0.1, 0.15) is 49.9 Å². The summed E-state index contributed by atoms with van der Waals surface area (Å²) >= 11 is 12.9. The molecule has 5 aromatic carbocycles. The number of rotatable bonds is 3. The Bertz CT molecular complexity index is 1670. The molecule has 0 heterocycles. The Labute approximate surface area is 240 Å². The predicted molar refractivity (Wildman–Crippen MR) is 166 cm³/mol. The molecular formula is C36H29Cl2N. The molecule has 0 bridgehead atoms. The van der Waals surface area contributed by atoms with Gasteiger partial charge in [-0.1, -0.05) is 93.4 Å². The smallest absolute Gasteiger partial charge is 0.0465 e. The molecule has 39 heavy (non-hydrogen) atoms. The van der Waals surface area contributed by atoms with E-state index >= 15 is 0 Å². The minimum absolute atomic E-state index is 0.144. The van der Waals surface area contributed by atoms with Crippen LogP contribution in [-0.2, 0) is 10.8 Å². The molecule has 1 nitrogen and oxygen atoms in total. The van der Waals surface area contributed by atoms with Crippen molar-refractivity contribution in [3.8, 4) is 22.3 Å². The molecule has 0 aromatic heterocycles. The molecule has 0 N–H and O–H groups in total. The zero-order valence-corrected chi connectivity index (χ0v) is 24.0. The Kier molecular flexibility index (Phi) is 5.34. The second-order valence-electron chi connectivity index (χ2n) is 11.8. The minimum Gasteiger partial charge on any atom is -0.310 e. The van der Waals surface area contributed by atoms with Crippen LogP contribution in [0.3, 0.4) is 0 Å². The van der Waals surface area contributed by atoms with Crippen LogP contribution in [0.4, 0.5) is 17.1 Å². The fourth-order valence-corrected chi connectivity index (χ4v) is 7.04. The van der Waals surface area contributed by atoms with Crippen molar-refractivity contribution < 1.29 is 0 Å². The van der Waals surface area contributed by atoms with Crippen molar-refractivity contribution in [1.82, 2.24) is 0 Å². The molecule has 0 spiro atoms. The van der Waals surface area contributed by atoms with Gasteiger partial charge in [-0.3, -0.25) is 0 Å². The van der Waals surface area contributed by atoms with E-state index in [-0.39, 0.29) is 10.8 Å². The fraction of sp³-hybridized carbons (Fsp3) is 0.167. The van der Waals surface area contributed by atoms with Crippen molar-refractivity contribution in [2.75, 3.05) is 4.90 Å². The maximum atomic E-state index is 6.43. The first-order chi connectivity index (χ1) is 18.7. The Balaban J connectivity index is 1.40. The summed E-state index contributed by atoms with van der Waals surface area (Å²) in [5.41, 5.74) is 13.4. The van der Waals surface area contributed by atoms with Crippen molar-refractivity contribution >= 4 is 40.3 Å². The highest BCUT2D eigenvalue weighted by Gasteiger charge is 2.38. The van der Waals surface area contributed by atoms with Gasteiger partial charge in [0.15, 0.2) is 0 Å². The third-order valence-corrected chi connectivity index (χ3v) is 9.24. The molecule has 0 saturated carbocycles. The largest absolute Gasteiger partial charge is 0.310 e. The predicted octanol–water partition coefficient (Wildman–Crippen LogP) is 11.1. The van der Waals surface area contributed by atoms with E-state index in [0.717, 1.165) is 27.1 Å². The maximum absolute atomic E-state index is 6.43. The summed E-state index contributed by atoms with van der Waals surface area (Å²) in [5, 5.41) is 1.56. The van der Waals surface area contributed by atoms with E-state index in [4.69, 9.17) is 23.2 Å². The number of hydrogen-bond donors (Lipinski definition) is 0. The Hall–Kier alpha value is -3.52. The monoisotopic (exact) mass is 545 g/mol. The first-order valence-electron chi connectivity index (χ1n) is 13.4. The van der Waals surface area contributed by atoms with Crippen molar-refractivity contribution in [1.29, 1.82) is 0 Å². The van der Waals surface area contributed by atoms with Gasteiger partial charge in [-0.15, -0.1) is 0 Å². The second kappa shape index (κ2) is 8.49. The lowest BCUT2D eigenvalue weighted by Gasteiger charge is -2.29. The Morgan fingerprint density at radius 2 is 0.821 bits per heavy atom. The van der Waals surface area contributed by atoms with Crippen molar-refractivity contribution in [3.05, 3.63) is 135 Å². The van der Waals surface area contributed by atoms with Gasteiger partial charge in [-0.25, -0.2) is 0 Å². The zero-order valence-electron chi connectivity index (χ0n) is 22.5. The molecule has 192 valence electrons. The van der Waals surface area contributed by atoms with Crippen LogP contribution in [0.15, 0.2) is 103 Å². The van der Waals surface area contributed by atoms with E-state index in [9.17, 15) is 0 Å². The summed E-state index contributed by atoms with van der Waals surface area (Å²) < 4.78 is 0. The minimum atomic E-state index is -0.144. The summed E-state index contributed by atoms with van der Waals surface area (Å²) in [4.78, 5) is 2.37. The quantitative estimate of drug-likeness (QED) is 0.218. The summed E-state index contributed by atoms with van der Waals surface area (Å²) in [6.07, 6.45) is 0. The Morgan fingerprint density at radius 3 is 1.26 bits per heavy atom. The molecule has 0 fully saturated rings. The van der Waals surface area contributed by atoms with E-state index < -0.39 is 0 Å². The van der Waals surface area contributed by atoms with Gasteiger partial charge in [0.05, 0.1) is 0 Å². The summed E-state index contributed by atoms with van der Waals surface area (Å²) in [6.45, 7) is 9.19. The molecule has 0 atom stereocenters. The molecule has 0 aliphatic heterocycles. The van der Waals surface area contributed by atoms with Gasteiger partial charge in [0.1, 0.15) is 0 Å². The first-order valence-corrected chi connectivity index (χ1v) is 14.2. The third kappa shape index (κ3) is 3.60. The van der Waals surface area contributed by atoms with Crippen LogP contribution in [-0.4, -0.2) is 0 Å². The van der Waals surface area contributed by atoms with E-state index in [0.29, 0.717) is 0 Å². The van der Waals surface area contributed by atoms with Crippen molar-refractivity contribution in [3.63, 3.8) is 0 Å². The molecule has 5 aromatic rings. The molecule has 2 aliphatic carbocycles. The summed E-state index contributed by atoms with van der Waals surface area (Å²) in [7, 11) is 0. The number of anilines is 3. The highest BCUT2D eigenvalue weighted by atomic mass is 35.5. The molecule has 0 unspecified atom stereocenters. The molecular weight excluding hydrogens is 517 g/mol. The van der Waals surface area contributed by atoms with Crippen LogP contribution in [0.25, 0.3) is 22.3 Å². The van der Waals surface area contributed by atoms with Crippen LogP contribution in [0, 0.1) is 0 Å². The van der Waals surface area contributed by atoms with Crippen molar-refractivity contribution in [2.45, 2.75) is 38.5 Å². The number of benzene rings is 5. The normalized spacial score (nSPS) is 15.3. The number of hydrogen-bond acceptors (Lipinski definition) is 1. The fourth-order valence-electron chi connectivity index (χ4n) is 6.70. The van der Waals surface area contributed by atoms with Crippen LogP contribution < -0.4 is 4.90 Å². The van der Waals surface area contributed by atoms with Crippen LogP contribution >= 0.6 is 23.2 Å². The maximum Gasteiger partial charge on any atom is 0.0465 e. The number of fused-ring (bicyclic) bond motifs is 6. The lowest BCUT2D eigenvalue weighted by atomic mass is 9.82. The van der Waals surface area contributed by atoms with Gasteiger partial charge in [-0.05, 0) is 105 Å². The van der Waals surface area contributed by atoms with E-state index in [1.807, 2.05) is 12.1 Å². The molecule has 0 saturated heterocycles. The van der Waals surface area contributed by atoms with Gasteiger partial charge >= 0.3 is 0 Å². The molecule has 0 amide bonds. The highest BCUT2D eigenvalue weighted by Crippen LogP contribution is 2.53. The molecule has 3 heteroatoms. The SMILES string of the molecule is CC1(C)c2cc(Cl)ccc2-c2ccc(N(c3ccccc3)c3ccc4c(c3)C(C)(C)c3cc(Cl)ccc3-4)cc21. The van der Waals surface area contributed by atoms with E-state index in [1.54, 1.807) is 0 Å². The standard InChI is InChI=1S/C36H29Cl2N/c1-35(2)31-18-22(37)10-14-27(31)29-16-12-25(20-33(29)35)39(24-8-6-5-7-9-24)26-13-17-30-28-15-11-23(38)19-32(28)36(3,4)34(30)21-26/h5-21H,1-4H3. The van der Waals surface area contributed by atoms with Gasteiger partial charge in [0, 0.05) is 37.9 Å². The highest BCUT2D eigenvalue weighted by molar-refractivity contribution is 6.31.